The van der Waals surface area contributed by atoms with Crippen molar-refractivity contribution < 1.29 is 9.60 Å². The molecular formula is C7H6FIN2O. The van der Waals surface area contributed by atoms with Gasteiger partial charge in [-0.25, -0.2) is 4.39 Å². The minimum Gasteiger partial charge on any atom is -0.409 e. The lowest BCUT2D eigenvalue weighted by Crippen LogP contribution is -2.13. The third-order valence-corrected chi connectivity index (χ3v) is 2.20. The maximum Gasteiger partial charge on any atom is 0.170 e. The van der Waals surface area contributed by atoms with E-state index in [2.05, 4.69) is 5.16 Å². The number of oxime groups is 1. The Morgan fingerprint density at radius 2 is 2.25 bits per heavy atom. The second kappa shape index (κ2) is 3.70. The third-order valence-electron chi connectivity index (χ3n) is 1.32. The Balaban J connectivity index is 3.13. The van der Waals surface area contributed by atoms with E-state index in [9.17, 15) is 4.39 Å². The minimum absolute atomic E-state index is 0.0923. The third kappa shape index (κ3) is 1.84. The zero-order chi connectivity index (χ0) is 9.14. The van der Waals surface area contributed by atoms with Gasteiger partial charge in [0.05, 0.1) is 0 Å². The number of nitrogens with zero attached hydrogens (tertiary/aromatic N) is 1. The first kappa shape index (κ1) is 9.24. The number of nitrogens with two attached hydrogens (primary N) is 1. The van der Waals surface area contributed by atoms with Gasteiger partial charge in [0.1, 0.15) is 5.82 Å². The van der Waals surface area contributed by atoms with Gasteiger partial charge in [-0.3, -0.25) is 0 Å². The van der Waals surface area contributed by atoms with Crippen molar-refractivity contribution in [2.24, 2.45) is 10.9 Å². The summed E-state index contributed by atoms with van der Waals surface area (Å²) >= 11 is 1.86. The molecule has 0 aliphatic heterocycles. The fraction of sp³-hybridized carbons (Fsp3) is 0. The van der Waals surface area contributed by atoms with Gasteiger partial charge in [0.25, 0.3) is 0 Å². The van der Waals surface area contributed by atoms with Gasteiger partial charge in [0.2, 0.25) is 0 Å². The van der Waals surface area contributed by atoms with Crippen LogP contribution in [0.1, 0.15) is 5.56 Å². The van der Waals surface area contributed by atoms with Crippen LogP contribution in [0.2, 0.25) is 0 Å². The van der Waals surface area contributed by atoms with Crippen molar-refractivity contribution in [1.29, 1.82) is 0 Å². The molecule has 0 unspecified atom stereocenters. The highest BCUT2D eigenvalue weighted by Crippen LogP contribution is 2.12. The molecule has 0 aromatic heterocycles. The van der Waals surface area contributed by atoms with Gasteiger partial charge in [0, 0.05) is 9.13 Å². The summed E-state index contributed by atoms with van der Waals surface area (Å²) in [5.41, 5.74) is 5.61. The first-order valence-electron chi connectivity index (χ1n) is 3.08. The molecular weight excluding hydrogens is 274 g/mol. The summed E-state index contributed by atoms with van der Waals surface area (Å²) in [5, 5.41) is 11.0. The maximum absolute atomic E-state index is 12.9. The summed E-state index contributed by atoms with van der Waals surface area (Å²) in [7, 11) is 0. The highest BCUT2D eigenvalue weighted by Gasteiger charge is 2.03. The highest BCUT2D eigenvalue weighted by molar-refractivity contribution is 14.1. The van der Waals surface area contributed by atoms with Gasteiger partial charge in [-0.2, -0.15) is 0 Å². The molecule has 1 rings (SSSR count). The zero-order valence-electron chi connectivity index (χ0n) is 5.96. The second-order valence-electron chi connectivity index (χ2n) is 2.11. The molecule has 3 N–H and O–H groups in total. The largest absolute Gasteiger partial charge is 0.409 e. The minimum atomic E-state index is -0.375. The molecule has 1 aromatic rings. The maximum atomic E-state index is 12.9. The van der Waals surface area contributed by atoms with Gasteiger partial charge < -0.3 is 10.9 Å². The number of hydrogen-bond acceptors (Lipinski definition) is 2. The summed E-state index contributed by atoms with van der Waals surface area (Å²) in [6.45, 7) is 0. The Hall–Kier alpha value is -0.850. The van der Waals surface area contributed by atoms with Crippen LogP contribution in [0.25, 0.3) is 0 Å². The lowest BCUT2D eigenvalue weighted by atomic mass is 10.2. The zero-order valence-corrected chi connectivity index (χ0v) is 8.12. The van der Waals surface area contributed by atoms with E-state index in [1.165, 1.54) is 6.07 Å². The molecule has 1 aromatic carbocycles. The SMILES string of the molecule is NC(=NO)c1ccc(I)c(F)c1. The first-order valence-corrected chi connectivity index (χ1v) is 4.16. The molecule has 0 amide bonds. The van der Waals surface area contributed by atoms with Gasteiger partial charge in [-0.05, 0) is 40.8 Å². The highest BCUT2D eigenvalue weighted by atomic mass is 127. The van der Waals surface area contributed by atoms with E-state index in [-0.39, 0.29) is 11.7 Å². The molecule has 0 aliphatic carbocycles. The van der Waals surface area contributed by atoms with E-state index < -0.39 is 0 Å². The van der Waals surface area contributed by atoms with Crippen molar-refractivity contribution in [2.45, 2.75) is 0 Å². The van der Waals surface area contributed by atoms with Gasteiger partial charge >= 0.3 is 0 Å². The molecule has 64 valence electrons. The average Bonchev–Trinajstić information content (AvgIpc) is 2.08. The van der Waals surface area contributed by atoms with Crippen LogP contribution in [0.15, 0.2) is 23.4 Å². The fourth-order valence-corrected chi connectivity index (χ4v) is 1.05. The second-order valence-corrected chi connectivity index (χ2v) is 3.28. The van der Waals surface area contributed by atoms with Crippen molar-refractivity contribution in [2.75, 3.05) is 0 Å². The topological polar surface area (TPSA) is 58.6 Å². The summed E-state index contributed by atoms with van der Waals surface area (Å²) < 4.78 is 13.4. The van der Waals surface area contributed by atoms with E-state index in [1.807, 2.05) is 22.6 Å². The van der Waals surface area contributed by atoms with E-state index in [0.717, 1.165) is 0 Å². The van der Waals surface area contributed by atoms with Crippen molar-refractivity contribution in [3.63, 3.8) is 0 Å². The van der Waals surface area contributed by atoms with Gasteiger partial charge in [0.15, 0.2) is 5.84 Å². The van der Waals surface area contributed by atoms with Crippen molar-refractivity contribution in [3.05, 3.63) is 33.1 Å². The summed E-state index contributed by atoms with van der Waals surface area (Å²) in [5.74, 6) is -0.468. The fourth-order valence-electron chi connectivity index (χ4n) is 0.713. The van der Waals surface area contributed by atoms with Crippen LogP contribution in [0.5, 0.6) is 0 Å². The Bertz CT molecular complexity index is 327. The van der Waals surface area contributed by atoms with Crippen LogP contribution in [-0.2, 0) is 0 Å². The molecule has 0 spiro atoms. The van der Waals surface area contributed by atoms with Crippen molar-refractivity contribution >= 4 is 28.4 Å². The van der Waals surface area contributed by atoms with Crippen molar-refractivity contribution in [3.8, 4) is 0 Å². The average molecular weight is 280 g/mol. The molecule has 0 radical (unpaired) electrons. The molecule has 0 saturated heterocycles. The van der Waals surface area contributed by atoms with Crippen LogP contribution < -0.4 is 5.73 Å². The quantitative estimate of drug-likeness (QED) is 0.269. The van der Waals surface area contributed by atoms with Crippen LogP contribution in [0.4, 0.5) is 4.39 Å². The molecule has 0 aliphatic rings. The first-order chi connectivity index (χ1) is 5.65. The molecule has 3 nitrogen and oxygen atoms in total. The van der Waals surface area contributed by atoms with Gasteiger partial charge in [-0.1, -0.05) is 5.16 Å². The van der Waals surface area contributed by atoms with Gasteiger partial charge in [-0.15, -0.1) is 0 Å². The molecule has 0 atom stereocenters. The van der Waals surface area contributed by atoms with E-state index >= 15 is 0 Å². The smallest absolute Gasteiger partial charge is 0.170 e. The van der Waals surface area contributed by atoms with E-state index in [0.29, 0.717) is 9.13 Å². The monoisotopic (exact) mass is 280 g/mol. The lowest BCUT2D eigenvalue weighted by molar-refractivity contribution is 0.318. The van der Waals surface area contributed by atoms with E-state index in [1.54, 1.807) is 12.1 Å². The number of amidine groups is 1. The summed E-state index contributed by atoms with van der Waals surface area (Å²) in [4.78, 5) is 0. The standard InChI is InChI=1S/C7H6FIN2O/c8-5-3-4(7(10)11-12)1-2-6(5)9/h1-3,12H,(H2,10,11). The Kier molecular flexibility index (Phi) is 2.85. The van der Waals surface area contributed by atoms with Crippen LogP contribution >= 0.6 is 22.6 Å². The molecule has 12 heavy (non-hydrogen) atoms. The Morgan fingerprint density at radius 3 is 2.75 bits per heavy atom. The summed E-state index contributed by atoms with van der Waals surface area (Å²) in [6.07, 6.45) is 0. The molecule has 0 bridgehead atoms. The number of rotatable bonds is 1. The van der Waals surface area contributed by atoms with Crippen LogP contribution in [-0.4, -0.2) is 11.0 Å². The predicted octanol–water partition coefficient (Wildman–Crippen LogP) is 1.52. The molecule has 0 saturated carbocycles. The number of hydrogen-bond donors (Lipinski definition) is 2. The lowest BCUT2D eigenvalue weighted by Gasteiger charge is -1.99. The van der Waals surface area contributed by atoms with E-state index in [4.69, 9.17) is 10.9 Å². The van der Waals surface area contributed by atoms with Crippen LogP contribution in [0, 0.1) is 9.39 Å². The Labute approximate surface area is 82.2 Å². The number of halogens is 2. The molecule has 0 fully saturated rings. The summed E-state index contributed by atoms with van der Waals surface area (Å²) in [6, 6.07) is 4.36. The predicted molar refractivity (Wildman–Crippen MR) is 51.6 cm³/mol. The molecule has 5 heteroatoms. The van der Waals surface area contributed by atoms with Crippen molar-refractivity contribution in [1.82, 2.24) is 0 Å². The normalized spacial score (nSPS) is 11.7. The Morgan fingerprint density at radius 1 is 1.58 bits per heavy atom. The molecule has 0 heterocycles. The number of benzene rings is 1. The van der Waals surface area contributed by atoms with Crippen LogP contribution in [0.3, 0.4) is 0 Å².